The molecule has 2 aliphatic heterocycles. The maximum atomic E-state index is 13.1. The topological polar surface area (TPSA) is 166 Å². The molecule has 0 radical (unpaired) electrons. The number of benzene rings is 4. The summed E-state index contributed by atoms with van der Waals surface area (Å²) in [6.45, 7) is 1.81. The van der Waals surface area contributed by atoms with Crippen LogP contribution < -0.4 is 26.6 Å². The standard InChI is InChI=1S/C27H32N4O5.C20H22N2O/c1-28-25(34)14-13-22(17-32)31-16-24-19(7-5-8-23(24)27(31)36)6-3-2-4-15-29-26(35)20-9-11-21(12-10-20)30-18-33;23-19(22-16-10-5-2-6-11-16)18-17(15-8-3-1-4-9-15)14-21-20(18)12-7-13-20/h5,7-12,17-18,22H,2-4,6,13-16H2,1H3,(H,28,34)(H,29,35)(H,30,33);1-6,8-11,17-18,21H,7,12-14H2,(H,22,23). The molecule has 12 nitrogen and oxygen atoms in total. The van der Waals surface area contributed by atoms with Gasteiger partial charge in [-0.1, -0.05) is 67.1 Å². The minimum Gasteiger partial charge on any atom is -0.359 e. The number of fused-ring (bicyclic) bond motifs is 1. The average molecular weight is 799 g/mol. The first-order chi connectivity index (χ1) is 28.8. The number of aryl methyl sites for hydroxylation is 1. The molecule has 1 aliphatic carbocycles. The van der Waals surface area contributed by atoms with Crippen molar-refractivity contribution in [2.24, 2.45) is 5.92 Å². The van der Waals surface area contributed by atoms with Crippen molar-refractivity contribution in [3.05, 3.63) is 131 Å². The molecule has 7 rings (SSSR count). The second-order valence-electron chi connectivity index (χ2n) is 15.4. The zero-order valence-corrected chi connectivity index (χ0v) is 33.6. The van der Waals surface area contributed by atoms with Crippen LogP contribution in [0.2, 0.25) is 0 Å². The molecule has 308 valence electrons. The van der Waals surface area contributed by atoms with Gasteiger partial charge in [0.05, 0.1) is 12.0 Å². The molecule has 3 unspecified atom stereocenters. The predicted octanol–water partition coefficient (Wildman–Crippen LogP) is 6.00. The molecule has 2 heterocycles. The molecule has 2 fully saturated rings. The van der Waals surface area contributed by atoms with E-state index in [0.717, 1.165) is 68.2 Å². The van der Waals surface area contributed by atoms with E-state index in [1.807, 2.05) is 48.5 Å². The number of hydrogen-bond acceptors (Lipinski definition) is 7. The van der Waals surface area contributed by atoms with Gasteiger partial charge in [-0.25, -0.2) is 0 Å². The monoisotopic (exact) mass is 798 g/mol. The fraction of sp³-hybridized carbons (Fsp3) is 0.362. The van der Waals surface area contributed by atoms with Gasteiger partial charge in [0.1, 0.15) is 6.29 Å². The van der Waals surface area contributed by atoms with Crippen LogP contribution in [0.15, 0.2) is 103 Å². The number of nitrogens with zero attached hydrogens (tertiary/aromatic N) is 1. The summed E-state index contributed by atoms with van der Waals surface area (Å²) in [5.74, 6) is -0.0895. The van der Waals surface area contributed by atoms with Crippen molar-refractivity contribution < 1.29 is 28.8 Å². The summed E-state index contributed by atoms with van der Waals surface area (Å²) in [5, 5.41) is 14.8. The highest BCUT2D eigenvalue weighted by molar-refractivity contribution is 6.00. The number of rotatable bonds is 17. The molecule has 3 aliphatic rings. The van der Waals surface area contributed by atoms with Crippen LogP contribution in [0.25, 0.3) is 0 Å². The van der Waals surface area contributed by atoms with Crippen LogP contribution in [0.3, 0.4) is 0 Å². The summed E-state index contributed by atoms with van der Waals surface area (Å²) in [4.78, 5) is 73.5. The highest BCUT2D eigenvalue weighted by atomic mass is 16.2. The molecule has 0 aromatic heterocycles. The van der Waals surface area contributed by atoms with Gasteiger partial charge < -0.3 is 36.3 Å². The van der Waals surface area contributed by atoms with E-state index in [1.165, 1.54) is 12.0 Å². The van der Waals surface area contributed by atoms with E-state index < -0.39 is 6.04 Å². The number of hydrogen-bond donors (Lipinski definition) is 5. The van der Waals surface area contributed by atoms with Crippen molar-refractivity contribution >= 4 is 47.7 Å². The van der Waals surface area contributed by atoms with E-state index in [0.29, 0.717) is 42.7 Å². The van der Waals surface area contributed by atoms with Crippen LogP contribution in [0.4, 0.5) is 11.4 Å². The van der Waals surface area contributed by atoms with Crippen molar-refractivity contribution in [3.63, 3.8) is 0 Å². The fourth-order valence-corrected chi connectivity index (χ4v) is 8.49. The van der Waals surface area contributed by atoms with Crippen molar-refractivity contribution in [2.75, 3.05) is 30.8 Å². The molecule has 4 aromatic carbocycles. The summed E-state index contributed by atoms with van der Waals surface area (Å²) in [6, 6.07) is 31.9. The summed E-state index contributed by atoms with van der Waals surface area (Å²) in [6.07, 6.45) is 8.66. The van der Waals surface area contributed by atoms with Crippen molar-refractivity contribution in [1.29, 1.82) is 0 Å². The molecule has 5 N–H and O–H groups in total. The van der Waals surface area contributed by atoms with Crippen LogP contribution in [-0.2, 0) is 32.1 Å². The maximum absolute atomic E-state index is 13.1. The number of amides is 5. The number of nitrogens with one attached hydrogen (secondary N) is 5. The maximum Gasteiger partial charge on any atom is 0.255 e. The van der Waals surface area contributed by atoms with Gasteiger partial charge in [0.2, 0.25) is 18.2 Å². The normalized spacial score (nSPS) is 17.7. The number of carbonyl (C=O) groups excluding carboxylic acids is 6. The number of para-hydroxylation sites is 1. The number of anilines is 2. The van der Waals surface area contributed by atoms with Gasteiger partial charge in [-0.15, -0.1) is 0 Å². The lowest BCUT2D eigenvalue weighted by atomic mass is 9.65. The van der Waals surface area contributed by atoms with E-state index in [1.54, 1.807) is 42.3 Å². The minimum absolute atomic E-state index is 0.000623. The molecule has 1 saturated heterocycles. The SMILES string of the molecule is CNC(=O)CCC(C=O)N1Cc2c(CCCCCNC(=O)c3ccc(NC=O)cc3)cccc2C1=O.O=C(Nc1ccccc1)C1C(c2ccccc2)CNC12CCC2. The van der Waals surface area contributed by atoms with E-state index in [9.17, 15) is 28.8 Å². The van der Waals surface area contributed by atoms with Crippen LogP contribution in [0.1, 0.15) is 94.7 Å². The Morgan fingerprint density at radius 1 is 0.864 bits per heavy atom. The van der Waals surface area contributed by atoms with E-state index in [2.05, 4.69) is 50.8 Å². The number of unbranched alkanes of at least 4 members (excludes halogenated alkanes) is 2. The average Bonchev–Trinajstić information content (AvgIpc) is 3.83. The smallest absolute Gasteiger partial charge is 0.255 e. The number of aldehydes is 1. The van der Waals surface area contributed by atoms with Gasteiger partial charge in [-0.05, 0) is 104 Å². The second-order valence-corrected chi connectivity index (χ2v) is 15.4. The Morgan fingerprint density at radius 3 is 2.25 bits per heavy atom. The molecule has 3 atom stereocenters. The molecule has 12 heteroatoms. The van der Waals surface area contributed by atoms with E-state index in [-0.39, 0.29) is 47.4 Å². The second kappa shape index (κ2) is 20.5. The Balaban J connectivity index is 0.000000217. The van der Waals surface area contributed by atoms with Gasteiger partial charge in [-0.3, -0.25) is 24.0 Å². The first-order valence-electron chi connectivity index (χ1n) is 20.6. The molecule has 59 heavy (non-hydrogen) atoms. The van der Waals surface area contributed by atoms with E-state index >= 15 is 0 Å². The fourth-order valence-electron chi connectivity index (χ4n) is 8.49. The Kier molecular flexibility index (Phi) is 14.8. The van der Waals surface area contributed by atoms with Gasteiger partial charge >= 0.3 is 0 Å². The molecule has 0 bridgehead atoms. The third kappa shape index (κ3) is 10.5. The van der Waals surface area contributed by atoms with Gasteiger partial charge in [-0.2, -0.15) is 0 Å². The van der Waals surface area contributed by atoms with E-state index in [4.69, 9.17) is 0 Å². The van der Waals surface area contributed by atoms with Crippen molar-refractivity contribution in [1.82, 2.24) is 20.9 Å². The van der Waals surface area contributed by atoms with Crippen LogP contribution in [-0.4, -0.2) is 72.9 Å². The Bertz CT molecular complexity index is 2070. The third-order valence-corrected chi connectivity index (χ3v) is 11.8. The molecular formula is C47H54N6O6. The Morgan fingerprint density at radius 2 is 1.59 bits per heavy atom. The van der Waals surface area contributed by atoms with Crippen LogP contribution >= 0.6 is 0 Å². The molecule has 1 spiro atoms. The highest BCUT2D eigenvalue weighted by Crippen LogP contribution is 2.49. The lowest BCUT2D eigenvalue weighted by Crippen LogP contribution is -2.54. The molecular weight excluding hydrogens is 745 g/mol. The summed E-state index contributed by atoms with van der Waals surface area (Å²) >= 11 is 0. The minimum atomic E-state index is -0.629. The summed E-state index contributed by atoms with van der Waals surface area (Å²) < 4.78 is 0. The zero-order valence-electron chi connectivity index (χ0n) is 33.6. The first kappa shape index (κ1) is 42.5. The lowest BCUT2D eigenvalue weighted by molar-refractivity contribution is -0.123. The molecule has 1 saturated carbocycles. The van der Waals surface area contributed by atoms with Gasteiger partial charge in [0, 0.05) is 67.1 Å². The van der Waals surface area contributed by atoms with Gasteiger partial charge in [0.15, 0.2) is 0 Å². The third-order valence-electron chi connectivity index (χ3n) is 11.8. The van der Waals surface area contributed by atoms with Crippen LogP contribution in [0, 0.1) is 5.92 Å². The molecule has 4 aromatic rings. The Labute approximate surface area is 345 Å². The van der Waals surface area contributed by atoms with Crippen LogP contribution in [0.5, 0.6) is 0 Å². The zero-order chi connectivity index (χ0) is 41.6. The van der Waals surface area contributed by atoms with Gasteiger partial charge in [0.25, 0.3) is 11.8 Å². The summed E-state index contributed by atoms with van der Waals surface area (Å²) in [5.41, 5.74) is 5.97. The number of carbonyl (C=O) groups is 6. The van der Waals surface area contributed by atoms with Crippen molar-refractivity contribution in [3.8, 4) is 0 Å². The summed E-state index contributed by atoms with van der Waals surface area (Å²) in [7, 11) is 1.55. The predicted molar refractivity (Wildman–Crippen MR) is 228 cm³/mol. The molecule has 5 amide bonds. The largest absolute Gasteiger partial charge is 0.359 e. The highest BCUT2D eigenvalue weighted by Gasteiger charge is 2.55. The lowest BCUT2D eigenvalue weighted by Gasteiger charge is -2.43. The quantitative estimate of drug-likeness (QED) is 0.0646. The first-order valence-corrected chi connectivity index (χ1v) is 20.6. The van der Waals surface area contributed by atoms with Crippen molar-refractivity contribution in [2.45, 2.75) is 81.8 Å². The Hall–Kier alpha value is -6.14.